The Labute approximate surface area is 145 Å². The molecule has 2 aliphatic rings. The number of fused-ring (bicyclic) bond motifs is 1. The van der Waals surface area contributed by atoms with Gasteiger partial charge in [0, 0.05) is 22.6 Å². The Morgan fingerprint density at radius 1 is 1.42 bits per heavy atom. The van der Waals surface area contributed by atoms with Gasteiger partial charge in [0.2, 0.25) is 0 Å². The second kappa shape index (κ2) is 6.14. The van der Waals surface area contributed by atoms with Gasteiger partial charge in [0.05, 0.1) is 5.69 Å². The van der Waals surface area contributed by atoms with Crippen LogP contribution in [0.3, 0.4) is 0 Å². The highest BCUT2D eigenvalue weighted by molar-refractivity contribution is 7.87. The minimum atomic E-state index is -4.57. The molecular formula is C15H18ClF4N3S. The molecule has 1 aliphatic heterocycles. The van der Waals surface area contributed by atoms with E-state index in [0.717, 1.165) is 5.56 Å². The van der Waals surface area contributed by atoms with Gasteiger partial charge < -0.3 is 4.72 Å². The van der Waals surface area contributed by atoms with E-state index in [-0.39, 0.29) is 12.0 Å². The number of anilines is 1. The van der Waals surface area contributed by atoms with Crippen LogP contribution in [0.5, 0.6) is 0 Å². The molecular weight excluding hydrogens is 366 g/mol. The van der Waals surface area contributed by atoms with Crippen molar-refractivity contribution in [2.24, 2.45) is 0 Å². The van der Waals surface area contributed by atoms with E-state index in [4.69, 9.17) is 16.4 Å². The van der Waals surface area contributed by atoms with Crippen molar-refractivity contribution >= 4 is 28.2 Å². The van der Waals surface area contributed by atoms with Gasteiger partial charge in [0.25, 0.3) is 0 Å². The molecule has 9 heteroatoms. The fourth-order valence-electron chi connectivity index (χ4n) is 3.80. The molecule has 4 unspecified atom stereocenters. The fraction of sp³-hybridized carbons (Fsp3) is 0.600. The van der Waals surface area contributed by atoms with Crippen LogP contribution < -0.4 is 10.0 Å². The lowest BCUT2D eigenvalue weighted by Gasteiger charge is -2.45. The summed E-state index contributed by atoms with van der Waals surface area (Å²) in [6.45, 7) is 1.46. The molecule has 3 nitrogen and oxygen atoms in total. The Bertz CT molecular complexity index is 681. The third-order valence-corrected chi connectivity index (χ3v) is 6.28. The second-order valence-electron chi connectivity index (χ2n) is 6.59. The van der Waals surface area contributed by atoms with Gasteiger partial charge in [0.1, 0.15) is 5.82 Å². The third-order valence-electron chi connectivity index (χ3n) is 4.74. The first-order valence-corrected chi connectivity index (χ1v) is 9.43. The predicted molar refractivity (Wildman–Crippen MR) is 87.6 cm³/mol. The van der Waals surface area contributed by atoms with Crippen molar-refractivity contribution in [1.82, 2.24) is 5.32 Å². The normalized spacial score (nSPS) is 33.2. The van der Waals surface area contributed by atoms with Gasteiger partial charge in [-0.25, -0.2) is 9.71 Å². The summed E-state index contributed by atoms with van der Waals surface area (Å²) in [6.07, 6.45) is -3.21. The molecule has 0 radical (unpaired) electrons. The van der Waals surface area contributed by atoms with Crippen molar-refractivity contribution in [2.75, 3.05) is 4.72 Å². The van der Waals surface area contributed by atoms with E-state index < -0.39 is 39.8 Å². The highest BCUT2D eigenvalue weighted by Crippen LogP contribution is 2.46. The minimum absolute atomic E-state index is 0.202. The molecule has 1 fully saturated rings. The van der Waals surface area contributed by atoms with Crippen molar-refractivity contribution in [3.63, 3.8) is 0 Å². The van der Waals surface area contributed by atoms with E-state index >= 15 is 0 Å². The van der Waals surface area contributed by atoms with Crippen LogP contribution in [0.1, 0.15) is 43.2 Å². The maximum atomic E-state index is 14.6. The monoisotopic (exact) mass is 383 g/mol. The first-order valence-electron chi connectivity index (χ1n) is 7.60. The third kappa shape index (κ3) is 3.41. The summed E-state index contributed by atoms with van der Waals surface area (Å²) in [5, 5.41) is 1.13. The second-order valence-corrected chi connectivity index (χ2v) is 8.43. The Morgan fingerprint density at radius 2 is 2.12 bits per heavy atom. The van der Waals surface area contributed by atoms with E-state index in [1.807, 2.05) is 0 Å². The average molecular weight is 384 g/mol. The van der Waals surface area contributed by atoms with Crippen molar-refractivity contribution < 1.29 is 17.6 Å². The molecule has 1 aromatic rings. The maximum absolute atomic E-state index is 14.6. The van der Waals surface area contributed by atoms with Gasteiger partial charge in [-0.3, -0.25) is 4.78 Å². The van der Waals surface area contributed by atoms with Crippen LogP contribution in [0, 0.1) is 10.6 Å². The fourth-order valence-corrected chi connectivity index (χ4v) is 5.45. The molecule has 1 aromatic carbocycles. The van der Waals surface area contributed by atoms with Crippen LogP contribution in [0.4, 0.5) is 23.2 Å². The number of halogens is 5. The van der Waals surface area contributed by atoms with E-state index in [2.05, 4.69) is 4.72 Å². The molecule has 3 N–H and O–H groups in total. The van der Waals surface area contributed by atoms with Crippen molar-refractivity contribution in [3.05, 3.63) is 29.1 Å². The van der Waals surface area contributed by atoms with Crippen LogP contribution in [0.2, 0.25) is 0 Å². The lowest BCUT2D eigenvalue weighted by atomic mass is 9.70. The quantitative estimate of drug-likeness (QED) is 0.390. The average Bonchev–Trinajstić information content (AvgIpc) is 2.75. The molecule has 0 bridgehead atoms. The lowest BCUT2D eigenvalue weighted by molar-refractivity contribution is -0.178. The number of rotatable bonds is 2. The van der Waals surface area contributed by atoms with Gasteiger partial charge in [-0.2, -0.15) is 13.2 Å². The number of benzene rings is 1. The Kier molecular flexibility index (Phi) is 4.59. The largest absolute Gasteiger partial charge is 0.457 e. The van der Waals surface area contributed by atoms with Crippen molar-refractivity contribution in [3.8, 4) is 0 Å². The molecule has 1 aliphatic carbocycles. The molecule has 134 valence electrons. The summed E-state index contributed by atoms with van der Waals surface area (Å²) < 4.78 is 64.2. The number of hydrogen-bond acceptors (Lipinski definition) is 2. The molecule has 0 spiro atoms. The zero-order valence-electron chi connectivity index (χ0n) is 12.9. The first kappa shape index (κ1) is 17.9. The SMILES string of the molecule is CC1(NC(F)(F)F)CCCC(Cl)C1c1cc2c(cc1F)NS(=N)C2. The summed E-state index contributed by atoms with van der Waals surface area (Å²) >= 11 is 6.36. The van der Waals surface area contributed by atoms with Crippen LogP contribution in [-0.2, 0) is 16.6 Å². The standard InChI is InChI=1S/C15H18ClF4N3S/c1-14(23-15(18,19)20)4-2-3-10(16)13(14)9-5-8-7-24(21)22-12(8)6-11(9)17/h5-6,10,13,23H,2-4,7H2,1H3,(H2,21,22). The van der Waals surface area contributed by atoms with Crippen LogP contribution in [0.25, 0.3) is 0 Å². The molecule has 0 saturated heterocycles. The van der Waals surface area contributed by atoms with Gasteiger partial charge >= 0.3 is 6.30 Å². The lowest BCUT2D eigenvalue weighted by Crippen LogP contribution is -2.57. The van der Waals surface area contributed by atoms with Gasteiger partial charge in [-0.1, -0.05) is 6.42 Å². The van der Waals surface area contributed by atoms with E-state index in [1.165, 1.54) is 13.0 Å². The molecule has 3 rings (SSSR count). The summed E-state index contributed by atoms with van der Waals surface area (Å²) in [6, 6.07) is 2.86. The van der Waals surface area contributed by atoms with Crippen LogP contribution in [-0.4, -0.2) is 17.2 Å². The summed E-state index contributed by atoms with van der Waals surface area (Å²) in [7, 11) is -0.830. The molecule has 1 heterocycles. The number of nitrogens with one attached hydrogen (secondary N) is 3. The molecule has 24 heavy (non-hydrogen) atoms. The van der Waals surface area contributed by atoms with Gasteiger partial charge in [0.15, 0.2) is 0 Å². The Balaban J connectivity index is 2.04. The highest BCUT2D eigenvalue weighted by atomic mass is 35.5. The van der Waals surface area contributed by atoms with E-state index in [1.54, 1.807) is 11.4 Å². The molecule has 4 atom stereocenters. The van der Waals surface area contributed by atoms with Crippen molar-refractivity contribution in [1.29, 1.82) is 4.78 Å². The summed E-state index contributed by atoms with van der Waals surface area (Å²) in [5.41, 5.74) is 0.135. The number of hydrogen-bond donors (Lipinski definition) is 3. The zero-order chi connectivity index (χ0) is 17.7. The molecule has 1 saturated carbocycles. The minimum Gasteiger partial charge on any atom is -0.321 e. The van der Waals surface area contributed by atoms with Gasteiger partial charge in [-0.15, -0.1) is 11.6 Å². The molecule has 0 amide bonds. The van der Waals surface area contributed by atoms with Crippen LogP contribution >= 0.6 is 11.6 Å². The zero-order valence-corrected chi connectivity index (χ0v) is 14.5. The highest BCUT2D eigenvalue weighted by Gasteiger charge is 2.49. The smallest absolute Gasteiger partial charge is 0.321 e. The number of alkyl halides is 4. The van der Waals surface area contributed by atoms with E-state index in [9.17, 15) is 17.6 Å². The Morgan fingerprint density at radius 3 is 2.79 bits per heavy atom. The summed E-state index contributed by atoms with van der Waals surface area (Å²) in [5.74, 6) is -0.952. The van der Waals surface area contributed by atoms with Crippen molar-refractivity contribution in [2.45, 2.75) is 55.1 Å². The molecule has 0 aromatic heterocycles. The van der Waals surface area contributed by atoms with E-state index in [0.29, 0.717) is 24.3 Å². The Hall–Kier alpha value is -0.860. The topological polar surface area (TPSA) is 47.9 Å². The predicted octanol–water partition coefficient (Wildman–Crippen LogP) is 4.79. The first-order chi connectivity index (χ1) is 11.1. The maximum Gasteiger partial charge on any atom is 0.457 e. The van der Waals surface area contributed by atoms with Crippen LogP contribution in [0.15, 0.2) is 12.1 Å². The van der Waals surface area contributed by atoms with Gasteiger partial charge in [-0.05, 0) is 53.9 Å². The summed E-state index contributed by atoms with van der Waals surface area (Å²) in [4.78, 5) is 0.